The number of halogens is 2. The van der Waals surface area contributed by atoms with Gasteiger partial charge < -0.3 is 10.2 Å². The van der Waals surface area contributed by atoms with Crippen LogP contribution in [-0.2, 0) is 0 Å². The Hall–Kier alpha value is -1.55. The molecule has 0 atom stereocenters. The quantitative estimate of drug-likeness (QED) is 0.773. The molecule has 3 nitrogen and oxygen atoms in total. The molecule has 0 aromatic heterocycles. The van der Waals surface area contributed by atoms with Gasteiger partial charge >= 0.3 is 0 Å². The number of rotatable bonds is 5. The van der Waals surface area contributed by atoms with E-state index in [0.29, 0.717) is 16.6 Å². The molecular weight excluding hydrogens is 367 g/mol. The topological polar surface area (TPSA) is 32.3 Å². The second kappa shape index (κ2) is 9.96. The lowest BCUT2D eigenvalue weighted by Crippen LogP contribution is -2.46. The van der Waals surface area contributed by atoms with Crippen LogP contribution in [0.15, 0.2) is 48.5 Å². The number of carbonyl (C=O) groups is 1. The normalized spacial score (nSPS) is 14.5. The van der Waals surface area contributed by atoms with E-state index >= 15 is 0 Å². The maximum Gasteiger partial charge on any atom is 0.255 e. The van der Waals surface area contributed by atoms with Crippen molar-refractivity contribution in [2.75, 3.05) is 19.6 Å². The molecule has 1 aliphatic rings. The molecule has 1 heterocycles. The molecule has 0 spiro atoms. The van der Waals surface area contributed by atoms with Gasteiger partial charge in [0.05, 0.1) is 10.6 Å². The highest BCUT2D eigenvalue weighted by molar-refractivity contribution is 6.34. The van der Waals surface area contributed by atoms with E-state index < -0.39 is 0 Å². The van der Waals surface area contributed by atoms with E-state index in [4.69, 9.17) is 11.6 Å². The van der Waals surface area contributed by atoms with Crippen LogP contribution in [0, 0.1) is 0 Å². The Balaban J connectivity index is 0.00000243. The van der Waals surface area contributed by atoms with Crippen molar-refractivity contribution in [3.05, 3.63) is 59.1 Å². The molecule has 5 heteroatoms. The van der Waals surface area contributed by atoms with E-state index in [1.54, 1.807) is 0 Å². The highest BCUT2D eigenvalue weighted by Gasteiger charge is 2.27. The highest BCUT2D eigenvalue weighted by Crippen LogP contribution is 2.27. The summed E-state index contributed by atoms with van der Waals surface area (Å²) in [7, 11) is 0. The summed E-state index contributed by atoms with van der Waals surface area (Å²) in [5.41, 5.74) is 2.72. The van der Waals surface area contributed by atoms with Crippen LogP contribution in [0.4, 0.5) is 0 Å². The van der Waals surface area contributed by atoms with E-state index in [1.165, 1.54) is 0 Å². The summed E-state index contributed by atoms with van der Waals surface area (Å²) in [6.07, 6.45) is 2.95. The molecule has 0 bridgehead atoms. The predicted molar refractivity (Wildman–Crippen MR) is 111 cm³/mol. The van der Waals surface area contributed by atoms with E-state index in [2.05, 4.69) is 12.2 Å². The van der Waals surface area contributed by atoms with Crippen molar-refractivity contribution in [2.45, 2.75) is 32.2 Å². The molecule has 140 valence electrons. The van der Waals surface area contributed by atoms with Gasteiger partial charge in [0.1, 0.15) is 0 Å². The van der Waals surface area contributed by atoms with Gasteiger partial charge in [-0.15, -0.1) is 12.4 Å². The van der Waals surface area contributed by atoms with Crippen molar-refractivity contribution >= 4 is 29.9 Å². The Labute approximate surface area is 167 Å². The lowest BCUT2D eigenvalue weighted by Gasteiger charge is -2.35. The van der Waals surface area contributed by atoms with Crippen molar-refractivity contribution in [2.24, 2.45) is 0 Å². The fourth-order valence-electron chi connectivity index (χ4n) is 3.46. The molecule has 1 saturated heterocycles. The van der Waals surface area contributed by atoms with Crippen LogP contribution in [0.5, 0.6) is 0 Å². The maximum atomic E-state index is 13.3. The maximum absolute atomic E-state index is 13.3. The Bertz CT molecular complexity index is 715. The summed E-state index contributed by atoms with van der Waals surface area (Å²) < 4.78 is 0. The Kier molecular flexibility index (Phi) is 7.95. The molecule has 1 fully saturated rings. The molecule has 0 saturated carbocycles. The molecule has 0 aliphatic carbocycles. The second-order valence-corrected chi connectivity index (χ2v) is 6.95. The highest BCUT2D eigenvalue weighted by atomic mass is 35.5. The zero-order valence-corrected chi connectivity index (χ0v) is 16.7. The van der Waals surface area contributed by atoms with Crippen LogP contribution in [0.25, 0.3) is 11.1 Å². The summed E-state index contributed by atoms with van der Waals surface area (Å²) in [5, 5.41) is 3.90. The Morgan fingerprint density at radius 3 is 2.46 bits per heavy atom. The van der Waals surface area contributed by atoms with Crippen LogP contribution >= 0.6 is 24.0 Å². The summed E-state index contributed by atoms with van der Waals surface area (Å²) in [4.78, 5) is 15.3. The number of benzene rings is 2. The molecule has 1 aliphatic heterocycles. The third kappa shape index (κ3) is 4.79. The molecule has 3 rings (SSSR count). The van der Waals surface area contributed by atoms with Crippen molar-refractivity contribution in [3.8, 4) is 11.1 Å². The van der Waals surface area contributed by atoms with Gasteiger partial charge in [0.2, 0.25) is 0 Å². The lowest BCUT2D eigenvalue weighted by atomic mass is 10.00. The first-order valence-corrected chi connectivity index (χ1v) is 9.45. The van der Waals surface area contributed by atoms with Crippen LogP contribution in [0.1, 0.15) is 36.5 Å². The zero-order chi connectivity index (χ0) is 17.6. The molecule has 1 N–H and O–H groups in total. The first-order valence-electron chi connectivity index (χ1n) is 9.07. The van der Waals surface area contributed by atoms with Gasteiger partial charge in [-0.25, -0.2) is 0 Å². The van der Waals surface area contributed by atoms with E-state index in [-0.39, 0.29) is 18.3 Å². The molecule has 2 aromatic rings. The minimum Gasteiger partial charge on any atom is -0.336 e. The predicted octanol–water partition coefficient (Wildman–Crippen LogP) is 5.03. The lowest BCUT2D eigenvalue weighted by molar-refractivity contribution is 0.0643. The monoisotopic (exact) mass is 392 g/mol. The number of hydrogen-bond acceptors (Lipinski definition) is 2. The third-order valence-electron chi connectivity index (χ3n) is 4.78. The Morgan fingerprint density at radius 2 is 1.81 bits per heavy atom. The molecular formula is C21H26Cl2N2O. The fraction of sp³-hybridized carbons (Fsp3) is 0.381. The van der Waals surface area contributed by atoms with Gasteiger partial charge in [0.15, 0.2) is 0 Å². The van der Waals surface area contributed by atoms with Gasteiger partial charge in [-0.3, -0.25) is 4.79 Å². The summed E-state index contributed by atoms with van der Waals surface area (Å²) in [6, 6.07) is 16.1. The number of hydrogen-bond donors (Lipinski definition) is 1. The summed E-state index contributed by atoms with van der Waals surface area (Å²) in [5.74, 6) is 0.0523. The summed E-state index contributed by atoms with van der Waals surface area (Å²) in [6.45, 7) is 4.82. The third-order valence-corrected chi connectivity index (χ3v) is 5.11. The van der Waals surface area contributed by atoms with Gasteiger partial charge in [-0.1, -0.05) is 54.9 Å². The molecule has 2 aromatic carbocycles. The Morgan fingerprint density at radius 1 is 1.12 bits per heavy atom. The summed E-state index contributed by atoms with van der Waals surface area (Å²) >= 11 is 6.40. The fourth-order valence-corrected chi connectivity index (χ4v) is 3.66. The largest absolute Gasteiger partial charge is 0.336 e. The molecule has 0 unspecified atom stereocenters. The standard InChI is InChI=1S/C21H25ClN2O.ClH/c1-2-14-24(18-10-12-23-13-11-18)21(25)19-15-17(8-9-20(19)22)16-6-4-3-5-7-16;/h3-9,15,18,23H,2,10-14H2,1H3;1H. The van der Waals surface area contributed by atoms with Crippen LogP contribution in [0.3, 0.4) is 0 Å². The van der Waals surface area contributed by atoms with Gasteiger partial charge in [0, 0.05) is 12.6 Å². The number of nitrogens with one attached hydrogen (secondary N) is 1. The van der Waals surface area contributed by atoms with Crippen LogP contribution in [-0.4, -0.2) is 36.5 Å². The second-order valence-electron chi connectivity index (χ2n) is 6.54. The van der Waals surface area contributed by atoms with E-state index in [1.807, 2.05) is 53.4 Å². The van der Waals surface area contributed by atoms with Crippen molar-refractivity contribution in [1.29, 1.82) is 0 Å². The van der Waals surface area contributed by atoms with Crippen LogP contribution in [0.2, 0.25) is 5.02 Å². The van der Waals surface area contributed by atoms with Gasteiger partial charge in [-0.05, 0) is 55.6 Å². The minimum atomic E-state index is 0. The first-order chi connectivity index (χ1) is 12.2. The molecule has 0 radical (unpaired) electrons. The van der Waals surface area contributed by atoms with E-state index in [9.17, 15) is 4.79 Å². The SMILES string of the molecule is CCCN(C(=O)c1cc(-c2ccccc2)ccc1Cl)C1CCNCC1.Cl. The minimum absolute atomic E-state index is 0. The average molecular weight is 393 g/mol. The van der Waals surface area contributed by atoms with E-state index in [0.717, 1.165) is 50.0 Å². The zero-order valence-electron chi connectivity index (χ0n) is 15.1. The number of nitrogens with zero attached hydrogens (tertiary/aromatic N) is 1. The number of piperidine rings is 1. The van der Waals surface area contributed by atoms with Gasteiger partial charge in [-0.2, -0.15) is 0 Å². The van der Waals surface area contributed by atoms with Crippen molar-refractivity contribution < 1.29 is 4.79 Å². The van der Waals surface area contributed by atoms with Crippen molar-refractivity contribution in [3.63, 3.8) is 0 Å². The number of carbonyl (C=O) groups excluding carboxylic acids is 1. The van der Waals surface area contributed by atoms with Gasteiger partial charge in [0.25, 0.3) is 5.91 Å². The first kappa shape index (κ1) is 20.8. The average Bonchev–Trinajstić information content (AvgIpc) is 2.67. The van der Waals surface area contributed by atoms with Crippen molar-refractivity contribution in [1.82, 2.24) is 10.2 Å². The smallest absolute Gasteiger partial charge is 0.255 e. The molecule has 26 heavy (non-hydrogen) atoms. The number of amides is 1. The molecule has 1 amide bonds. The van der Waals surface area contributed by atoms with Crippen LogP contribution < -0.4 is 5.32 Å².